The maximum Gasteiger partial charge on any atom is 0.0992 e. The van der Waals surface area contributed by atoms with Crippen LogP contribution in [0.5, 0.6) is 0 Å². The first-order chi connectivity index (χ1) is 8.19. The van der Waals surface area contributed by atoms with Gasteiger partial charge in [0.25, 0.3) is 0 Å². The molecule has 0 saturated carbocycles. The minimum atomic E-state index is 0.455. The molecule has 2 rings (SSSR count). The van der Waals surface area contributed by atoms with Crippen molar-refractivity contribution >= 4 is 17.3 Å². The molecule has 0 amide bonds. The van der Waals surface area contributed by atoms with Crippen LogP contribution in [0, 0.1) is 11.3 Å². The van der Waals surface area contributed by atoms with Gasteiger partial charge < -0.3 is 10.6 Å². The summed E-state index contributed by atoms with van der Waals surface area (Å²) >= 11 is 6.13. The zero-order valence-corrected chi connectivity index (χ0v) is 10.6. The first-order valence-corrected chi connectivity index (χ1v) is 6.26. The fourth-order valence-electron chi connectivity index (χ4n) is 2.18. The SMILES string of the molecule is CC1CC(Nc2ccc(C#N)cc2Cl)CCN1. The van der Waals surface area contributed by atoms with E-state index < -0.39 is 0 Å². The molecule has 0 radical (unpaired) electrons. The largest absolute Gasteiger partial charge is 0.381 e. The van der Waals surface area contributed by atoms with Crippen LogP contribution in [0.1, 0.15) is 25.3 Å². The van der Waals surface area contributed by atoms with Crippen LogP contribution in [0.3, 0.4) is 0 Å². The molecular weight excluding hydrogens is 234 g/mol. The maximum absolute atomic E-state index is 8.77. The monoisotopic (exact) mass is 249 g/mol. The number of nitriles is 1. The number of hydrogen-bond donors (Lipinski definition) is 2. The van der Waals surface area contributed by atoms with E-state index in [0.717, 1.165) is 25.1 Å². The van der Waals surface area contributed by atoms with E-state index >= 15 is 0 Å². The van der Waals surface area contributed by atoms with Crippen molar-refractivity contribution in [2.24, 2.45) is 0 Å². The van der Waals surface area contributed by atoms with Gasteiger partial charge in [-0.15, -0.1) is 0 Å². The van der Waals surface area contributed by atoms with Gasteiger partial charge in [0.2, 0.25) is 0 Å². The van der Waals surface area contributed by atoms with Gasteiger partial charge in [-0.25, -0.2) is 0 Å². The number of hydrogen-bond acceptors (Lipinski definition) is 3. The highest BCUT2D eigenvalue weighted by Gasteiger charge is 2.18. The molecule has 0 aromatic heterocycles. The van der Waals surface area contributed by atoms with Crippen LogP contribution in [-0.4, -0.2) is 18.6 Å². The van der Waals surface area contributed by atoms with Crippen molar-refractivity contribution in [2.45, 2.75) is 31.8 Å². The van der Waals surface area contributed by atoms with E-state index in [9.17, 15) is 0 Å². The Morgan fingerprint density at radius 1 is 1.53 bits per heavy atom. The standard InChI is InChI=1S/C13H16ClN3/c1-9-6-11(4-5-16-9)17-13-3-2-10(8-15)7-12(13)14/h2-3,7,9,11,16-17H,4-6H2,1H3. The van der Waals surface area contributed by atoms with Crippen molar-refractivity contribution in [3.05, 3.63) is 28.8 Å². The number of halogens is 1. The van der Waals surface area contributed by atoms with E-state index in [-0.39, 0.29) is 0 Å². The molecule has 1 aliphatic rings. The van der Waals surface area contributed by atoms with Gasteiger partial charge in [-0.05, 0) is 44.5 Å². The molecule has 1 aromatic carbocycles. The predicted octanol–water partition coefficient (Wildman–Crippen LogP) is 2.76. The molecule has 2 atom stereocenters. The number of benzene rings is 1. The third-order valence-corrected chi connectivity index (χ3v) is 3.39. The summed E-state index contributed by atoms with van der Waals surface area (Å²) < 4.78 is 0. The van der Waals surface area contributed by atoms with E-state index in [4.69, 9.17) is 16.9 Å². The van der Waals surface area contributed by atoms with Crippen molar-refractivity contribution in [2.75, 3.05) is 11.9 Å². The van der Waals surface area contributed by atoms with E-state index in [1.54, 1.807) is 12.1 Å². The van der Waals surface area contributed by atoms with Gasteiger partial charge in [-0.3, -0.25) is 0 Å². The zero-order chi connectivity index (χ0) is 12.3. The van der Waals surface area contributed by atoms with Gasteiger partial charge in [0, 0.05) is 12.1 Å². The van der Waals surface area contributed by atoms with Crippen molar-refractivity contribution in [3.63, 3.8) is 0 Å². The van der Waals surface area contributed by atoms with E-state index in [1.165, 1.54) is 0 Å². The van der Waals surface area contributed by atoms with E-state index in [1.807, 2.05) is 6.07 Å². The molecule has 4 heteroatoms. The quantitative estimate of drug-likeness (QED) is 0.847. The van der Waals surface area contributed by atoms with E-state index in [2.05, 4.69) is 23.6 Å². The third-order valence-electron chi connectivity index (χ3n) is 3.08. The Morgan fingerprint density at radius 3 is 3.00 bits per heavy atom. The molecule has 1 aromatic rings. The van der Waals surface area contributed by atoms with Crippen molar-refractivity contribution < 1.29 is 0 Å². The maximum atomic E-state index is 8.77. The second-order valence-electron chi connectivity index (χ2n) is 4.53. The Kier molecular flexibility index (Phi) is 3.88. The van der Waals surface area contributed by atoms with Crippen LogP contribution in [-0.2, 0) is 0 Å². The summed E-state index contributed by atoms with van der Waals surface area (Å²) in [4.78, 5) is 0. The zero-order valence-electron chi connectivity index (χ0n) is 9.83. The second-order valence-corrected chi connectivity index (χ2v) is 4.93. The molecule has 1 saturated heterocycles. The molecule has 17 heavy (non-hydrogen) atoms. The topological polar surface area (TPSA) is 47.9 Å². The molecule has 2 N–H and O–H groups in total. The number of nitrogens with one attached hydrogen (secondary N) is 2. The van der Waals surface area contributed by atoms with E-state index in [0.29, 0.717) is 22.7 Å². The molecule has 0 bridgehead atoms. The minimum Gasteiger partial charge on any atom is -0.381 e. The van der Waals surface area contributed by atoms with Crippen LogP contribution in [0.4, 0.5) is 5.69 Å². The Morgan fingerprint density at radius 2 is 2.35 bits per heavy atom. The molecule has 2 unspecified atom stereocenters. The molecule has 1 heterocycles. The Labute approximate surface area is 107 Å². The van der Waals surface area contributed by atoms with Gasteiger partial charge in [0.1, 0.15) is 0 Å². The summed E-state index contributed by atoms with van der Waals surface area (Å²) in [5.74, 6) is 0. The number of anilines is 1. The second kappa shape index (κ2) is 5.39. The van der Waals surface area contributed by atoms with Gasteiger partial charge in [-0.2, -0.15) is 5.26 Å². The van der Waals surface area contributed by atoms with Crippen molar-refractivity contribution in [3.8, 4) is 6.07 Å². The number of rotatable bonds is 2. The van der Waals surface area contributed by atoms with Crippen molar-refractivity contribution in [1.82, 2.24) is 5.32 Å². The minimum absolute atomic E-state index is 0.455. The average Bonchev–Trinajstić information content (AvgIpc) is 2.32. The van der Waals surface area contributed by atoms with Crippen LogP contribution >= 0.6 is 11.6 Å². The summed E-state index contributed by atoms with van der Waals surface area (Å²) in [5, 5.41) is 16.3. The average molecular weight is 250 g/mol. The van der Waals surface area contributed by atoms with Crippen LogP contribution < -0.4 is 10.6 Å². The fourth-order valence-corrected chi connectivity index (χ4v) is 2.42. The summed E-state index contributed by atoms with van der Waals surface area (Å²) in [7, 11) is 0. The molecule has 1 fully saturated rings. The first kappa shape index (κ1) is 12.2. The van der Waals surface area contributed by atoms with Gasteiger partial charge >= 0.3 is 0 Å². The number of nitrogens with zero attached hydrogens (tertiary/aromatic N) is 1. The lowest BCUT2D eigenvalue weighted by molar-refractivity contribution is 0.396. The molecular formula is C13H16ClN3. The lowest BCUT2D eigenvalue weighted by Crippen LogP contribution is -2.41. The molecule has 0 aliphatic carbocycles. The highest BCUT2D eigenvalue weighted by atomic mass is 35.5. The van der Waals surface area contributed by atoms with Gasteiger partial charge in [0.05, 0.1) is 22.3 Å². The highest BCUT2D eigenvalue weighted by molar-refractivity contribution is 6.33. The first-order valence-electron chi connectivity index (χ1n) is 5.88. The lowest BCUT2D eigenvalue weighted by atomic mass is 10.0. The summed E-state index contributed by atoms with van der Waals surface area (Å²) in [5.41, 5.74) is 1.52. The van der Waals surface area contributed by atoms with Gasteiger partial charge in [-0.1, -0.05) is 11.6 Å². The molecule has 3 nitrogen and oxygen atoms in total. The Balaban J connectivity index is 2.06. The summed E-state index contributed by atoms with van der Waals surface area (Å²) in [6, 6.07) is 8.45. The van der Waals surface area contributed by atoms with Crippen molar-refractivity contribution in [1.29, 1.82) is 5.26 Å². The lowest BCUT2D eigenvalue weighted by Gasteiger charge is -2.29. The molecule has 0 spiro atoms. The van der Waals surface area contributed by atoms with Gasteiger partial charge in [0.15, 0.2) is 0 Å². The Hall–Kier alpha value is -1.24. The third kappa shape index (κ3) is 3.12. The highest BCUT2D eigenvalue weighted by Crippen LogP contribution is 2.25. The molecule has 90 valence electrons. The van der Waals surface area contributed by atoms with Crippen LogP contribution in [0.25, 0.3) is 0 Å². The normalized spacial score (nSPS) is 24.1. The summed E-state index contributed by atoms with van der Waals surface area (Å²) in [6.45, 7) is 3.22. The Bertz CT molecular complexity index is 439. The number of piperidine rings is 1. The smallest absolute Gasteiger partial charge is 0.0992 e. The predicted molar refractivity (Wildman–Crippen MR) is 70.3 cm³/mol. The van der Waals surface area contributed by atoms with Crippen LogP contribution in [0.2, 0.25) is 5.02 Å². The van der Waals surface area contributed by atoms with Crippen LogP contribution in [0.15, 0.2) is 18.2 Å². The fraction of sp³-hybridized carbons (Fsp3) is 0.462. The molecule has 1 aliphatic heterocycles. The summed E-state index contributed by atoms with van der Waals surface area (Å²) in [6.07, 6.45) is 2.19.